The van der Waals surface area contributed by atoms with Gasteiger partial charge in [0.05, 0.1) is 73.2 Å². The molecule has 352 valence electrons. The third kappa shape index (κ3) is 8.50. The van der Waals surface area contributed by atoms with Crippen molar-refractivity contribution in [2.24, 2.45) is 41.4 Å². The van der Waals surface area contributed by atoms with Gasteiger partial charge in [0, 0.05) is 70.2 Å². The largest absolute Gasteiger partial charge is 0.481 e. The van der Waals surface area contributed by atoms with Crippen LogP contribution in [0.15, 0.2) is 0 Å². The molecule has 7 fully saturated rings. The van der Waals surface area contributed by atoms with Gasteiger partial charge in [0.25, 0.3) is 0 Å². The Labute approximate surface area is 363 Å². The zero-order valence-electron chi connectivity index (χ0n) is 38.9. The Morgan fingerprint density at radius 2 is 1.41 bits per heavy atom. The Morgan fingerprint density at radius 3 is 2.05 bits per heavy atom. The molecule has 3 N–H and O–H groups in total. The van der Waals surface area contributed by atoms with E-state index in [0.717, 1.165) is 32.1 Å². The predicted octanol–water partition coefficient (Wildman–Crippen LogP) is 5.43. The molecule has 0 bridgehead atoms. The van der Waals surface area contributed by atoms with Crippen molar-refractivity contribution >= 4 is 5.97 Å². The van der Waals surface area contributed by atoms with Crippen molar-refractivity contribution < 1.29 is 72.2 Å². The maximum absolute atomic E-state index is 12.2. The highest BCUT2D eigenvalue weighted by Gasteiger charge is 2.69. The summed E-state index contributed by atoms with van der Waals surface area (Å²) in [6.07, 6.45) is 1.37. The van der Waals surface area contributed by atoms with Gasteiger partial charge in [0.15, 0.2) is 23.7 Å². The summed E-state index contributed by atoms with van der Waals surface area (Å²) in [5, 5.41) is 32.9. The summed E-state index contributed by atoms with van der Waals surface area (Å²) in [4.78, 5) is 12.2. The Balaban J connectivity index is 1.14. The van der Waals surface area contributed by atoms with Crippen LogP contribution in [-0.2, 0) is 56.9 Å². The summed E-state index contributed by atoms with van der Waals surface area (Å²) in [6.45, 7) is 19.5. The van der Waals surface area contributed by atoms with Crippen molar-refractivity contribution in [2.75, 3.05) is 21.3 Å². The first-order valence-electron chi connectivity index (χ1n) is 23.2. The first kappa shape index (κ1) is 47.9. The van der Waals surface area contributed by atoms with Gasteiger partial charge < -0.3 is 67.4 Å². The van der Waals surface area contributed by atoms with Crippen LogP contribution in [0.1, 0.15) is 121 Å². The Bertz CT molecular complexity index is 1520. The lowest BCUT2D eigenvalue weighted by molar-refractivity contribution is -0.364. The van der Waals surface area contributed by atoms with E-state index in [2.05, 4.69) is 27.7 Å². The first-order valence-corrected chi connectivity index (χ1v) is 23.2. The predicted molar refractivity (Wildman–Crippen MR) is 220 cm³/mol. The molecule has 7 saturated heterocycles. The molecule has 15 heteroatoms. The zero-order chi connectivity index (χ0) is 44.6. The molecule has 4 unspecified atom stereocenters. The van der Waals surface area contributed by atoms with Crippen LogP contribution < -0.4 is 0 Å². The minimum Gasteiger partial charge on any atom is -0.481 e. The van der Waals surface area contributed by atoms with Crippen molar-refractivity contribution in [3.05, 3.63) is 0 Å². The summed E-state index contributed by atoms with van der Waals surface area (Å²) in [7, 11) is 4.99. The van der Waals surface area contributed by atoms with E-state index in [1.54, 1.807) is 35.2 Å². The van der Waals surface area contributed by atoms with Crippen LogP contribution in [0.25, 0.3) is 0 Å². The molecule has 1 spiro atoms. The van der Waals surface area contributed by atoms with Crippen molar-refractivity contribution in [1.29, 1.82) is 0 Å². The normalized spacial score (nSPS) is 54.7. The number of methoxy groups -OCH3 is 3. The number of carboxylic acid groups (broad SMARTS) is 1. The fraction of sp³-hybridized carbons (Fsp3) is 0.978. The summed E-state index contributed by atoms with van der Waals surface area (Å²) in [6, 6.07) is 0. The minimum atomic E-state index is -1.96. The fourth-order valence-corrected chi connectivity index (χ4v) is 12.6. The molecular weight excluding hydrogens is 792 g/mol. The van der Waals surface area contributed by atoms with Gasteiger partial charge in [-0.3, -0.25) is 4.79 Å². The van der Waals surface area contributed by atoms with Crippen LogP contribution in [-0.4, -0.2) is 145 Å². The van der Waals surface area contributed by atoms with Crippen molar-refractivity contribution in [2.45, 2.75) is 223 Å². The Kier molecular flexibility index (Phi) is 14.1. The maximum atomic E-state index is 12.2. The molecule has 0 aromatic heterocycles. The highest BCUT2D eigenvalue weighted by molar-refractivity contribution is 5.70. The van der Waals surface area contributed by atoms with E-state index < -0.39 is 71.5 Å². The molecule has 7 aliphatic heterocycles. The highest BCUT2D eigenvalue weighted by atomic mass is 16.8. The lowest BCUT2D eigenvalue weighted by Gasteiger charge is -2.53. The summed E-state index contributed by atoms with van der Waals surface area (Å²) >= 11 is 0. The van der Waals surface area contributed by atoms with Gasteiger partial charge in [-0.25, -0.2) is 0 Å². The van der Waals surface area contributed by atoms with Gasteiger partial charge >= 0.3 is 5.97 Å². The zero-order valence-corrected chi connectivity index (χ0v) is 38.9. The molecule has 61 heavy (non-hydrogen) atoms. The third-order valence-electron chi connectivity index (χ3n) is 16.8. The SMILES string of the molecule is CO[C@@H]1[C@H](C)C(CC2C[C@@H](OC)[C@@H](C)C3(O2)O[C@](C)([C@H]2CC[C@@H]([C@H]4CC[C@H](C5O[C@](C)(O)[C@H](C)C[C@@H]5C)O4)O2)[C@@H](O[C@H]2C[C@H](OC)[C@@H](C)O2)[C@H]3C)O[C@](O)([C@@H](C)C(=O)O)[C@H]1C. The molecule has 15 nitrogen and oxygen atoms in total. The monoisotopic (exact) mass is 871 g/mol. The molecule has 24 atom stereocenters. The molecule has 0 aliphatic carbocycles. The molecule has 0 aromatic carbocycles. The lowest BCUT2D eigenvalue weighted by atomic mass is 9.74. The maximum Gasteiger partial charge on any atom is 0.311 e. The number of aliphatic hydroxyl groups is 2. The number of hydrogen-bond acceptors (Lipinski definition) is 14. The number of carboxylic acids is 1. The van der Waals surface area contributed by atoms with E-state index in [-0.39, 0.29) is 78.4 Å². The third-order valence-corrected chi connectivity index (χ3v) is 16.8. The van der Waals surface area contributed by atoms with Gasteiger partial charge in [0.1, 0.15) is 11.5 Å². The average Bonchev–Trinajstić information content (AvgIpc) is 4.01. The highest BCUT2D eigenvalue weighted by Crippen LogP contribution is 2.57. The van der Waals surface area contributed by atoms with Gasteiger partial charge in [-0.1, -0.05) is 41.5 Å². The topological polar surface area (TPSA) is 179 Å². The molecule has 0 amide bonds. The van der Waals surface area contributed by atoms with Crippen LogP contribution in [0.5, 0.6) is 0 Å². The molecule has 0 aromatic rings. The summed E-state index contributed by atoms with van der Waals surface area (Å²) in [5.74, 6) is -7.76. The van der Waals surface area contributed by atoms with Crippen molar-refractivity contribution in [3.63, 3.8) is 0 Å². The second-order valence-electron chi connectivity index (χ2n) is 20.5. The number of rotatable bonds is 12. The lowest BCUT2D eigenvalue weighted by Crippen LogP contribution is -2.63. The van der Waals surface area contributed by atoms with Crippen LogP contribution >= 0.6 is 0 Å². The Hall–Kier alpha value is -1.05. The van der Waals surface area contributed by atoms with E-state index >= 15 is 0 Å². The first-order chi connectivity index (χ1) is 28.6. The molecule has 0 saturated carbocycles. The average molecular weight is 871 g/mol. The van der Waals surface area contributed by atoms with Gasteiger partial charge in [-0.15, -0.1) is 0 Å². The molecular formula is C46H78O15. The van der Waals surface area contributed by atoms with Crippen molar-refractivity contribution in [3.8, 4) is 0 Å². The molecule has 7 rings (SSSR count). The van der Waals surface area contributed by atoms with E-state index in [0.29, 0.717) is 19.3 Å². The van der Waals surface area contributed by atoms with E-state index in [9.17, 15) is 20.1 Å². The fourth-order valence-electron chi connectivity index (χ4n) is 12.6. The second kappa shape index (κ2) is 18.0. The molecule has 0 radical (unpaired) electrons. The molecule has 7 heterocycles. The number of ether oxygens (including phenoxy) is 11. The van der Waals surface area contributed by atoms with E-state index in [1.165, 1.54) is 6.92 Å². The van der Waals surface area contributed by atoms with Crippen LogP contribution in [0.2, 0.25) is 0 Å². The smallest absolute Gasteiger partial charge is 0.311 e. The van der Waals surface area contributed by atoms with Crippen LogP contribution in [0, 0.1) is 41.4 Å². The summed E-state index contributed by atoms with van der Waals surface area (Å²) in [5.41, 5.74) is -0.989. The van der Waals surface area contributed by atoms with Crippen LogP contribution in [0.3, 0.4) is 0 Å². The number of aliphatic carboxylic acids is 1. The van der Waals surface area contributed by atoms with E-state index in [1.807, 2.05) is 20.8 Å². The quantitative estimate of drug-likeness (QED) is 0.226. The van der Waals surface area contributed by atoms with Gasteiger partial charge in [-0.2, -0.15) is 0 Å². The summed E-state index contributed by atoms with van der Waals surface area (Å²) < 4.78 is 72.6. The van der Waals surface area contributed by atoms with E-state index in [4.69, 9.17) is 52.1 Å². The van der Waals surface area contributed by atoms with Gasteiger partial charge in [0.2, 0.25) is 0 Å². The minimum absolute atomic E-state index is 0.0371. The van der Waals surface area contributed by atoms with Gasteiger partial charge in [-0.05, 0) is 65.7 Å². The Morgan fingerprint density at radius 1 is 0.754 bits per heavy atom. The molecule has 7 aliphatic rings. The van der Waals surface area contributed by atoms with Crippen LogP contribution in [0.4, 0.5) is 0 Å². The number of hydrogen-bond donors (Lipinski definition) is 3. The number of carbonyl (C=O) groups is 1. The standard InChI is InChI=1S/C46H78O15/c1-22-18-23(2)44(10,49)60-39(22)33-15-14-31(55-33)32-16-17-37(56-32)43(9)41(57-38-21-36(52-12)29(8)54-38)27(6)46(61-43)25(4)35(51-11)20-30(58-46)19-34-24(3)40(53-13)26(5)45(50,59-34)28(7)42(47)48/h22-41,49-50H,14-21H2,1-13H3,(H,47,48)/t22-,23+,24+,25+,26-,27+,28-,29+,30?,31+,32-,33+,34?,35+,36-,37+,38-,39?,40+,41-,43+,44-,45-,46?/m0/s1. The second-order valence-corrected chi connectivity index (χ2v) is 20.5. The van der Waals surface area contributed by atoms with Crippen molar-refractivity contribution in [1.82, 2.24) is 0 Å².